The second kappa shape index (κ2) is 5.29. The molecule has 0 aliphatic carbocycles. The SMILES string of the molecule is O=C(c1ccc(F)cc1)N1CCN2CCCC[C@@H]2C1. The molecule has 0 spiro atoms. The van der Waals surface area contributed by atoms with Gasteiger partial charge < -0.3 is 4.90 Å². The van der Waals surface area contributed by atoms with Gasteiger partial charge in [-0.15, -0.1) is 0 Å². The molecule has 0 radical (unpaired) electrons. The quantitative estimate of drug-likeness (QED) is 0.774. The van der Waals surface area contributed by atoms with E-state index < -0.39 is 0 Å². The number of carbonyl (C=O) groups excluding carboxylic acids is 1. The zero-order valence-corrected chi connectivity index (χ0v) is 11.0. The first-order valence-corrected chi connectivity index (χ1v) is 7.03. The van der Waals surface area contributed by atoms with Crippen LogP contribution >= 0.6 is 0 Å². The van der Waals surface area contributed by atoms with Crippen LogP contribution in [0.25, 0.3) is 0 Å². The third-order valence-electron chi connectivity index (χ3n) is 4.22. The molecule has 3 rings (SSSR count). The van der Waals surface area contributed by atoms with Crippen LogP contribution in [-0.2, 0) is 0 Å². The summed E-state index contributed by atoms with van der Waals surface area (Å²) in [6.07, 6.45) is 3.73. The van der Waals surface area contributed by atoms with Gasteiger partial charge in [0.2, 0.25) is 0 Å². The molecule has 19 heavy (non-hydrogen) atoms. The fraction of sp³-hybridized carbons (Fsp3) is 0.533. The Labute approximate surface area is 113 Å². The Hall–Kier alpha value is -1.42. The van der Waals surface area contributed by atoms with Crippen LogP contribution in [0.2, 0.25) is 0 Å². The molecular weight excluding hydrogens is 243 g/mol. The molecular formula is C15H19FN2O. The third-order valence-corrected chi connectivity index (χ3v) is 4.22. The number of halogens is 1. The molecule has 3 nitrogen and oxygen atoms in total. The molecule has 0 saturated carbocycles. The number of rotatable bonds is 1. The van der Waals surface area contributed by atoms with Gasteiger partial charge in [0, 0.05) is 31.2 Å². The van der Waals surface area contributed by atoms with Crippen LogP contribution in [0.1, 0.15) is 29.6 Å². The summed E-state index contributed by atoms with van der Waals surface area (Å²) in [5.74, 6) is -0.265. The number of hydrogen-bond acceptors (Lipinski definition) is 2. The number of hydrogen-bond donors (Lipinski definition) is 0. The number of benzene rings is 1. The van der Waals surface area contributed by atoms with E-state index in [0.29, 0.717) is 11.6 Å². The van der Waals surface area contributed by atoms with Crippen molar-refractivity contribution >= 4 is 5.91 Å². The lowest BCUT2D eigenvalue weighted by Gasteiger charge is -2.44. The lowest BCUT2D eigenvalue weighted by molar-refractivity contribution is 0.0372. The van der Waals surface area contributed by atoms with Gasteiger partial charge in [0.15, 0.2) is 0 Å². The minimum Gasteiger partial charge on any atom is -0.336 e. The smallest absolute Gasteiger partial charge is 0.253 e. The Kier molecular flexibility index (Phi) is 3.51. The van der Waals surface area contributed by atoms with Crippen molar-refractivity contribution in [2.24, 2.45) is 0 Å². The summed E-state index contributed by atoms with van der Waals surface area (Å²) in [6.45, 7) is 3.74. The second-order valence-corrected chi connectivity index (χ2v) is 5.44. The number of piperidine rings is 1. The molecule has 4 heteroatoms. The van der Waals surface area contributed by atoms with Crippen molar-refractivity contribution in [1.29, 1.82) is 0 Å². The Morgan fingerprint density at radius 2 is 1.89 bits per heavy atom. The third kappa shape index (κ3) is 2.63. The van der Waals surface area contributed by atoms with E-state index in [9.17, 15) is 9.18 Å². The molecule has 0 unspecified atom stereocenters. The summed E-state index contributed by atoms with van der Waals surface area (Å²) >= 11 is 0. The van der Waals surface area contributed by atoms with Crippen LogP contribution < -0.4 is 0 Å². The Balaban J connectivity index is 1.69. The summed E-state index contributed by atoms with van der Waals surface area (Å²) in [7, 11) is 0. The fourth-order valence-electron chi connectivity index (χ4n) is 3.12. The minimum absolute atomic E-state index is 0.0326. The number of carbonyl (C=O) groups is 1. The van der Waals surface area contributed by atoms with E-state index in [-0.39, 0.29) is 11.7 Å². The van der Waals surface area contributed by atoms with Crippen LogP contribution in [0.4, 0.5) is 4.39 Å². The molecule has 1 amide bonds. The van der Waals surface area contributed by atoms with E-state index in [1.807, 2.05) is 4.90 Å². The molecule has 2 heterocycles. The molecule has 2 fully saturated rings. The molecule has 102 valence electrons. The molecule has 0 bridgehead atoms. The van der Waals surface area contributed by atoms with Crippen LogP contribution in [0, 0.1) is 5.82 Å². The largest absolute Gasteiger partial charge is 0.336 e. The molecule has 2 aliphatic heterocycles. The number of amides is 1. The maximum Gasteiger partial charge on any atom is 0.253 e. The monoisotopic (exact) mass is 262 g/mol. The summed E-state index contributed by atoms with van der Waals surface area (Å²) in [5.41, 5.74) is 0.589. The van der Waals surface area contributed by atoms with Crippen LogP contribution in [0.5, 0.6) is 0 Å². The zero-order valence-electron chi connectivity index (χ0n) is 11.0. The van der Waals surface area contributed by atoms with E-state index in [1.54, 1.807) is 12.1 Å². The summed E-state index contributed by atoms with van der Waals surface area (Å²) in [6, 6.07) is 6.37. The van der Waals surface area contributed by atoms with Gasteiger partial charge >= 0.3 is 0 Å². The van der Waals surface area contributed by atoms with Gasteiger partial charge in [0.05, 0.1) is 0 Å². The van der Waals surface area contributed by atoms with Gasteiger partial charge in [-0.05, 0) is 43.7 Å². The van der Waals surface area contributed by atoms with Gasteiger partial charge in [-0.25, -0.2) is 4.39 Å². The van der Waals surface area contributed by atoms with Crippen LogP contribution in [-0.4, -0.2) is 47.9 Å². The molecule has 1 aromatic carbocycles. The first-order chi connectivity index (χ1) is 9.24. The first-order valence-electron chi connectivity index (χ1n) is 7.03. The summed E-state index contributed by atoms with van der Waals surface area (Å²) in [4.78, 5) is 16.8. The molecule has 0 aromatic heterocycles. The van der Waals surface area contributed by atoms with E-state index >= 15 is 0 Å². The van der Waals surface area contributed by atoms with Crippen molar-refractivity contribution in [3.8, 4) is 0 Å². The highest BCUT2D eigenvalue weighted by molar-refractivity contribution is 5.94. The van der Waals surface area contributed by atoms with Gasteiger partial charge in [-0.2, -0.15) is 0 Å². The highest BCUT2D eigenvalue weighted by Crippen LogP contribution is 2.22. The normalized spacial score (nSPS) is 24.1. The molecule has 0 N–H and O–H groups in total. The highest BCUT2D eigenvalue weighted by atomic mass is 19.1. The Bertz CT molecular complexity index is 460. The van der Waals surface area contributed by atoms with Crippen molar-refractivity contribution in [2.75, 3.05) is 26.2 Å². The minimum atomic E-state index is -0.298. The first kappa shape index (κ1) is 12.6. The van der Waals surface area contributed by atoms with E-state index in [1.165, 1.54) is 37.9 Å². The Morgan fingerprint density at radius 1 is 1.11 bits per heavy atom. The lowest BCUT2D eigenvalue weighted by atomic mass is 9.99. The maximum absolute atomic E-state index is 12.9. The van der Waals surface area contributed by atoms with Crippen molar-refractivity contribution in [3.05, 3.63) is 35.6 Å². The number of piperazine rings is 1. The van der Waals surface area contributed by atoms with Gasteiger partial charge in [-0.3, -0.25) is 9.69 Å². The lowest BCUT2D eigenvalue weighted by Crippen LogP contribution is -2.56. The van der Waals surface area contributed by atoms with Gasteiger partial charge in [-0.1, -0.05) is 6.42 Å². The summed E-state index contributed by atoms with van der Waals surface area (Å²) in [5, 5.41) is 0. The van der Waals surface area contributed by atoms with Crippen molar-refractivity contribution in [1.82, 2.24) is 9.80 Å². The van der Waals surface area contributed by atoms with Crippen molar-refractivity contribution in [3.63, 3.8) is 0 Å². The molecule has 2 aliphatic rings. The average Bonchev–Trinajstić information content (AvgIpc) is 2.47. The Morgan fingerprint density at radius 3 is 2.68 bits per heavy atom. The molecule has 2 saturated heterocycles. The number of fused-ring (bicyclic) bond motifs is 1. The predicted octanol–water partition coefficient (Wildman–Crippen LogP) is 2.14. The predicted molar refractivity (Wildman–Crippen MR) is 71.5 cm³/mol. The van der Waals surface area contributed by atoms with Gasteiger partial charge in [0.25, 0.3) is 5.91 Å². The van der Waals surface area contributed by atoms with Crippen LogP contribution in [0.15, 0.2) is 24.3 Å². The van der Waals surface area contributed by atoms with Crippen LogP contribution in [0.3, 0.4) is 0 Å². The maximum atomic E-state index is 12.9. The average molecular weight is 262 g/mol. The molecule has 1 atom stereocenters. The second-order valence-electron chi connectivity index (χ2n) is 5.44. The van der Waals surface area contributed by atoms with Crippen molar-refractivity contribution in [2.45, 2.75) is 25.3 Å². The highest BCUT2D eigenvalue weighted by Gasteiger charge is 2.31. The van der Waals surface area contributed by atoms with E-state index in [4.69, 9.17) is 0 Å². The number of nitrogens with zero attached hydrogens (tertiary/aromatic N) is 2. The molecule has 1 aromatic rings. The van der Waals surface area contributed by atoms with E-state index in [2.05, 4.69) is 4.90 Å². The van der Waals surface area contributed by atoms with Gasteiger partial charge in [0.1, 0.15) is 5.82 Å². The van der Waals surface area contributed by atoms with Crippen molar-refractivity contribution < 1.29 is 9.18 Å². The zero-order chi connectivity index (χ0) is 13.2. The standard InChI is InChI=1S/C15H19FN2O/c16-13-6-4-12(5-7-13)15(19)18-10-9-17-8-2-1-3-14(17)11-18/h4-7,14H,1-3,8-11H2/t14-/m1/s1. The summed E-state index contributed by atoms with van der Waals surface area (Å²) < 4.78 is 12.9. The van der Waals surface area contributed by atoms with E-state index in [0.717, 1.165) is 19.6 Å². The topological polar surface area (TPSA) is 23.6 Å². The fourth-order valence-corrected chi connectivity index (χ4v) is 3.12.